The molecule has 6 nitrogen and oxygen atoms in total. The summed E-state index contributed by atoms with van der Waals surface area (Å²) in [6.45, 7) is 0.989. The average Bonchev–Trinajstić information content (AvgIpc) is 3.16. The third kappa shape index (κ3) is 4.60. The summed E-state index contributed by atoms with van der Waals surface area (Å²) in [5.74, 6) is -0.417. The Bertz CT molecular complexity index is 968. The highest BCUT2D eigenvalue weighted by molar-refractivity contribution is 7.91. The van der Waals surface area contributed by atoms with Crippen LogP contribution in [0.3, 0.4) is 0 Å². The molecule has 0 aromatic heterocycles. The lowest BCUT2D eigenvalue weighted by atomic mass is 10.1. The topological polar surface area (TPSA) is 81.7 Å². The van der Waals surface area contributed by atoms with Crippen LogP contribution in [0.4, 0.5) is 5.69 Å². The Hall–Kier alpha value is -1.80. The number of halogens is 2. The van der Waals surface area contributed by atoms with E-state index in [0.29, 0.717) is 19.6 Å². The molecule has 1 aliphatic rings. The minimum Gasteiger partial charge on any atom is -0.496 e. The first kappa shape index (κ1) is 20.9. The number of nitrogens with one attached hydrogen (secondary N) is 1. The van der Waals surface area contributed by atoms with E-state index in [1.54, 1.807) is 18.2 Å². The summed E-state index contributed by atoms with van der Waals surface area (Å²) in [4.78, 5) is 12.9. The smallest absolute Gasteiger partial charge is 0.259 e. The molecule has 1 saturated heterocycles. The third-order valence-electron chi connectivity index (χ3n) is 4.46. The molecule has 0 saturated carbocycles. The van der Waals surface area contributed by atoms with Crippen molar-refractivity contribution in [3.8, 4) is 5.75 Å². The van der Waals surface area contributed by atoms with Crippen LogP contribution >= 0.6 is 23.2 Å². The molecule has 1 heterocycles. The zero-order valence-corrected chi connectivity index (χ0v) is 17.4. The zero-order chi connectivity index (χ0) is 20.3. The first-order valence-corrected chi connectivity index (χ1v) is 11.0. The van der Waals surface area contributed by atoms with Gasteiger partial charge in [-0.1, -0.05) is 29.3 Å². The van der Waals surface area contributed by atoms with E-state index in [1.807, 2.05) is 0 Å². The average molecular weight is 444 g/mol. The number of anilines is 1. The number of hydrogen-bond acceptors (Lipinski definition) is 5. The molecular formula is C19H19Cl2NO5S. The van der Waals surface area contributed by atoms with Gasteiger partial charge in [0.05, 0.1) is 45.7 Å². The van der Waals surface area contributed by atoms with Crippen molar-refractivity contribution in [3.63, 3.8) is 0 Å². The first-order valence-electron chi connectivity index (χ1n) is 8.55. The number of amides is 1. The van der Waals surface area contributed by atoms with Gasteiger partial charge in [-0.25, -0.2) is 8.42 Å². The number of para-hydroxylation sites is 1. The minimum absolute atomic E-state index is 0.0310. The second-order valence-corrected chi connectivity index (χ2v) is 9.27. The maximum Gasteiger partial charge on any atom is 0.259 e. The SMILES string of the molecule is COc1ccc(S(=O)(=O)C[C@H]2CCOC2)cc1C(=O)Nc1c(Cl)cccc1Cl. The molecule has 9 heteroatoms. The minimum atomic E-state index is -3.58. The molecule has 2 aromatic carbocycles. The fourth-order valence-electron chi connectivity index (χ4n) is 2.98. The summed E-state index contributed by atoms with van der Waals surface area (Å²) in [5, 5.41) is 3.16. The van der Waals surface area contributed by atoms with Gasteiger partial charge in [-0.3, -0.25) is 4.79 Å². The van der Waals surface area contributed by atoms with E-state index in [4.69, 9.17) is 32.7 Å². The molecule has 2 aromatic rings. The molecular weight excluding hydrogens is 425 g/mol. The molecule has 150 valence electrons. The van der Waals surface area contributed by atoms with Crippen LogP contribution in [0.1, 0.15) is 16.8 Å². The molecule has 1 amide bonds. The predicted molar refractivity (Wildman–Crippen MR) is 108 cm³/mol. The van der Waals surface area contributed by atoms with E-state index < -0.39 is 15.7 Å². The lowest BCUT2D eigenvalue weighted by Gasteiger charge is -2.14. The number of rotatable bonds is 6. The van der Waals surface area contributed by atoms with E-state index in [0.717, 1.165) is 0 Å². The van der Waals surface area contributed by atoms with Gasteiger partial charge in [0, 0.05) is 6.61 Å². The van der Waals surface area contributed by atoms with Crippen molar-refractivity contribution in [1.82, 2.24) is 0 Å². The molecule has 0 aliphatic carbocycles. The van der Waals surface area contributed by atoms with Crippen LogP contribution in [0.2, 0.25) is 10.0 Å². The van der Waals surface area contributed by atoms with E-state index >= 15 is 0 Å². The number of carbonyl (C=O) groups excluding carboxylic acids is 1. The van der Waals surface area contributed by atoms with Crippen LogP contribution in [0.5, 0.6) is 5.75 Å². The lowest BCUT2D eigenvalue weighted by molar-refractivity contribution is 0.102. The molecule has 28 heavy (non-hydrogen) atoms. The molecule has 0 spiro atoms. The zero-order valence-electron chi connectivity index (χ0n) is 15.1. The number of hydrogen-bond donors (Lipinski definition) is 1. The second kappa shape index (κ2) is 8.69. The van der Waals surface area contributed by atoms with Crippen LogP contribution in [-0.2, 0) is 14.6 Å². The third-order valence-corrected chi connectivity index (χ3v) is 6.97. The number of benzene rings is 2. The van der Waals surface area contributed by atoms with Gasteiger partial charge in [-0.2, -0.15) is 0 Å². The van der Waals surface area contributed by atoms with E-state index in [2.05, 4.69) is 5.32 Å². The molecule has 1 N–H and O–H groups in total. The molecule has 1 fully saturated rings. The quantitative estimate of drug-likeness (QED) is 0.727. The van der Waals surface area contributed by atoms with Gasteiger partial charge < -0.3 is 14.8 Å². The van der Waals surface area contributed by atoms with E-state index in [1.165, 1.54) is 25.3 Å². The highest BCUT2D eigenvalue weighted by Crippen LogP contribution is 2.32. The van der Waals surface area contributed by atoms with Gasteiger partial charge in [0.25, 0.3) is 5.91 Å². The van der Waals surface area contributed by atoms with E-state index in [-0.39, 0.29) is 43.6 Å². The molecule has 1 atom stereocenters. The Morgan fingerprint density at radius 1 is 1.25 bits per heavy atom. The van der Waals surface area contributed by atoms with Crippen molar-refractivity contribution in [2.24, 2.45) is 5.92 Å². The fraction of sp³-hybridized carbons (Fsp3) is 0.316. The lowest BCUT2D eigenvalue weighted by Crippen LogP contribution is -2.18. The molecule has 0 unspecified atom stereocenters. The molecule has 0 radical (unpaired) electrons. The first-order chi connectivity index (χ1) is 13.3. The highest BCUT2D eigenvalue weighted by atomic mass is 35.5. The van der Waals surface area contributed by atoms with Crippen molar-refractivity contribution in [2.75, 3.05) is 31.4 Å². The molecule has 0 bridgehead atoms. The van der Waals surface area contributed by atoms with Crippen LogP contribution in [-0.4, -0.2) is 40.4 Å². The number of ether oxygens (including phenoxy) is 2. The van der Waals surface area contributed by atoms with E-state index in [9.17, 15) is 13.2 Å². The van der Waals surface area contributed by atoms with Gasteiger partial charge in [-0.05, 0) is 42.7 Å². The summed E-state index contributed by atoms with van der Waals surface area (Å²) in [6, 6.07) is 9.03. The summed E-state index contributed by atoms with van der Waals surface area (Å²) in [6.07, 6.45) is 0.702. The summed E-state index contributed by atoms with van der Waals surface area (Å²) in [7, 11) is -2.18. The maximum absolute atomic E-state index is 12.8. The Morgan fingerprint density at radius 3 is 2.57 bits per heavy atom. The van der Waals surface area contributed by atoms with Gasteiger partial charge >= 0.3 is 0 Å². The van der Waals surface area contributed by atoms with Crippen LogP contribution in [0, 0.1) is 5.92 Å². The van der Waals surface area contributed by atoms with Gasteiger partial charge in [-0.15, -0.1) is 0 Å². The van der Waals surface area contributed by atoms with Crippen LogP contribution in [0.25, 0.3) is 0 Å². The van der Waals surface area contributed by atoms with Crippen LogP contribution < -0.4 is 10.1 Å². The number of sulfone groups is 1. The Kier molecular flexibility index (Phi) is 6.50. The predicted octanol–water partition coefficient (Wildman–Crippen LogP) is 4.06. The number of carbonyl (C=O) groups is 1. The summed E-state index contributed by atoms with van der Waals surface area (Å²) in [5.41, 5.74) is 0.316. The van der Waals surface area contributed by atoms with Crippen molar-refractivity contribution in [2.45, 2.75) is 11.3 Å². The maximum atomic E-state index is 12.8. The molecule has 3 rings (SSSR count). The summed E-state index contributed by atoms with van der Waals surface area (Å²) < 4.78 is 36.0. The standard InChI is InChI=1S/C19H19Cl2NO5S/c1-26-17-6-5-13(28(24,25)11-12-7-8-27-10-12)9-14(17)19(23)22-18-15(20)3-2-4-16(18)21/h2-6,9,12H,7-8,10-11H2,1H3,(H,22,23)/t12-/m0/s1. The van der Waals surface area contributed by atoms with Crippen LogP contribution in [0.15, 0.2) is 41.3 Å². The van der Waals surface area contributed by atoms with Crippen molar-refractivity contribution >= 4 is 44.6 Å². The Labute approximate surface area is 173 Å². The Morgan fingerprint density at radius 2 is 1.96 bits per heavy atom. The Balaban J connectivity index is 1.91. The van der Waals surface area contributed by atoms with Gasteiger partial charge in [0.15, 0.2) is 9.84 Å². The fourth-order valence-corrected chi connectivity index (χ4v) is 5.12. The molecule has 1 aliphatic heterocycles. The summed E-state index contributed by atoms with van der Waals surface area (Å²) >= 11 is 12.2. The van der Waals surface area contributed by atoms with Gasteiger partial charge in [0.2, 0.25) is 0 Å². The van der Waals surface area contributed by atoms with Crippen molar-refractivity contribution in [3.05, 3.63) is 52.0 Å². The van der Waals surface area contributed by atoms with Crippen molar-refractivity contribution in [1.29, 1.82) is 0 Å². The largest absolute Gasteiger partial charge is 0.496 e. The highest BCUT2D eigenvalue weighted by Gasteiger charge is 2.26. The van der Waals surface area contributed by atoms with Crippen molar-refractivity contribution < 1.29 is 22.7 Å². The van der Waals surface area contributed by atoms with Gasteiger partial charge in [0.1, 0.15) is 5.75 Å². The monoisotopic (exact) mass is 443 g/mol. The normalized spacial score (nSPS) is 16.8. The number of methoxy groups -OCH3 is 1. The second-order valence-electron chi connectivity index (χ2n) is 6.42.